The van der Waals surface area contributed by atoms with E-state index in [4.69, 9.17) is 54.7 Å². The van der Waals surface area contributed by atoms with E-state index in [1.54, 1.807) is 111 Å². The molecule has 29 heteroatoms. The van der Waals surface area contributed by atoms with E-state index in [1.165, 1.54) is 70.3 Å². The van der Waals surface area contributed by atoms with Gasteiger partial charge in [-0.2, -0.15) is 40.7 Å². The summed E-state index contributed by atoms with van der Waals surface area (Å²) < 4.78 is 117. The van der Waals surface area contributed by atoms with Gasteiger partial charge in [-0.1, -0.05) is 123 Å². The molecule has 0 fully saturated rings. The Morgan fingerprint density at radius 3 is 2.02 bits per heavy atom. The van der Waals surface area contributed by atoms with Crippen molar-refractivity contribution in [1.29, 1.82) is 0 Å². The van der Waals surface area contributed by atoms with Gasteiger partial charge in [0.2, 0.25) is 5.82 Å². The minimum atomic E-state index is -4.44. The van der Waals surface area contributed by atoms with E-state index in [0.29, 0.717) is 50.7 Å². The van der Waals surface area contributed by atoms with Crippen LogP contribution in [0.4, 0.5) is 30.7 Å². The number of hydrogen-bond acceptors (Lipinski definition) is 19. The van der Waals surface area contributed by atoms with Crippen molar-refractivity contribution in [2.75, 3.05) is 34.5 Å². The van der Waals surface area contributed by atoms with Crippen LogP contribution in [-0.4, -0.2) is 93.9 Å². The normalized spacial score (nSPS) is 13.0. The van der Waals surface area contributed by atoms with Crippen LogP contribution in [0.3, 0.4) is 0 Å². The van der Waals surface area contributed by atoms with E-state index < -0.39 is 41.1 Å². The van der Waals surface area contributed by atoms with Crippen molar-refractivity contribution in [3.8, 4) is 35.0 Å². The SMILES string of the molecule is CO/N=C(/C(C)=O)c1ccccc1/C=N/OC(C)c1cccc(C(F)(F)F)c1.CO/N=C(/C1=NOCCO1)c1ccccc1Oc1ncnc(Oc2ccccc2Cl)c1F.COc1nn(C)c(=O)n1-c1ccccc1CO/N=C(\C)c1cccc(C(F)(F)F)c1. The van der Waals surface area contributed by atoms with Crippen LogP contribution in [0.2, 0.25) is 5.02 Å². The van der Waals surface area contributed by atoms with Crippen molar-refractivity contribution in [2.45, 2.75) is 45.8 Å². The Hall–Kier alpha value is -10.6. The second-order valence-electron chi connectivity index (χ2n) is 18.4. The van der Waals surface area contributed by atoms with E-state index in [1.807, 2.05) is 0 Å². The van der Waals surface area contributed by atoms with Gasteiger partial charge < -0.3 is 43.1 Å². The molecule has 1 atom stereocenters. The predicted octanol–water partition coefficient (Wildman–Crippen LogP) is 12.9. The zero-order valence-corrected chi connectivity index (χ0v) is 49.5. The Kier molecular flexibility index (Phi) is 23.3. The van der Waals surface area contributed by atoms with Crippen LogP contribution >= 0.6 is 11.6 Å². The molecule has 0 aliphatic carbocycles. The van der Waals surface area contributed by atoms with Gasteiger partial charge in [0.05, 0.1) is 46.4 Å². The zero-order valence-electron chi connectivity index (χ0n) is 48.7. The monoisotopic (exact) mass is 1270 g/mol. The van der Waals surface area contributed by atoms with Crippen LogP contribution in [0.25, 0.3) is 5.69 Å². The maximum absolute atomic E-state index is 15.1. The summed E-state index contributed by atoms with van der Waals surface area (Å²) in [6.45, 7) is 5.08. The topological polar surface area (TPSA) is 228 Å². The molecule has 1 unspecified atom stereocenters. The van der Waals surface area contributed by atoms with Gasteiger partial charge in [0.25, 0.3) is 17.7 Å². The van der Waals surface area contributed by atoms with E-state index >= 15 is 4.39 Å². The van der Waals surface area contributed by atoms with Crippen molar-refractivity contribution in [3.05, 3.63) is 218 Å². The van der Waals surface area contributed by atoms with Crippen LogP contribution in [0.5, 0.6) is 29.3 Å². The average Bonchev–Trinajstić information content (AvgIpc) is 2.98. The highest BCUT2D eigenvalue weighted by molar-refractivity contribution is 6.46. The highest BCUT2D eigenvalue weighted by atomic mass is 35.5. The van der Waals surface area contributed by atoms with Crippen LogP contribution in [0.15, 0.2) is 182 Å². The molecule has 0 saturated carbocycles. The fourth-order valence-corrected chi connectivity index (χ4v) is 8.09. The smallest absolute Gasteiger partial charge is 0.416 e. The Labute approximate surface area is 513 Å². The number of ether oxygens (including phenoxy) is 4. The summed E-state index contributed by atoms with van der Waals surface area (Å²) in [5, 5.41) is 23.6. The van der Waals surface area contributed by atoms with Crippen LogP contribution in [0, 0.1) is 5.82 Å². The summed E-state index contributed by atoms with van der Waals surface area (Å²) in [7, 11) is 5.61. The van der Waals surface area contributed by atoms with Crippen molar-refractivity contribution in [3.63, 3.8) is 0 Å². The summed E-state index contributed by atoms with van der Waals surface area (Å²) in [5.74, 6) is -1.38. The lowest BCUT2D eigenvalue weighted by Gasteiger charge is -2.17. The third-order valence-electron chi connectivity index (χ3n) is 12.2. The van der Waals surface area contributed by atoms with Gasteiger partial charge >= 0.3 is 24.1 Å². The summed E-state index contributed by atoms with van der Waals surface area (Å²) >= 11 is 6.07. The first-order valence-electron chi connectivity index (χ1n) is 26.5. The molecule has 6 aromatic carbocycles. The molecular formula is C61H54ClF7N10O11. The Bertz CT molecular complexity index is 4010. The number of halogens is 8. The molecule has 8 aromatic rings. The molecule has 1 aliphatic rings. The molecule has 0 amide bonds. The molecule has 3 heterocycles. The van der Waals surface area contributed by atoms with Gasteiger partial charge in [-0.25, -0.2) is 14.0 Å². The number of nitrogens with zero attached hydrogens (tertiary/aromatic N) is 10. The van der Waals surface area contributed by atoms with E-state index in [0.717, 1.165) is 35.3 Å². The van der Waals surface area contributed by atoms with E-state index in [2.05, 4.69) is 40.8 Å². The zero-order chi connectivity index (χ0) is 65.0. The number of rotatable bonds is 20. The molecule has 0 radical (unpaired) electrons. The number of alkyl halides is 6. The predicted molar refractivity (Wildman–Crippen MR) is 316 cm³/mol. The van der Waals surface area contributed by atoms with Crippen molar-refractivity contribution < 1.29 is 78.7 Å². The van der Waals surface area contributed by atoms with Crippen molar-refractivity contribution in [2.24, 2.45) is 32.8 Å². The second kappa shape index (κ2) is 31.3. The quantitative estimate of drug-likeness (QED) is 0.0393. The molecular weight excluding hydrogens is 1220 g/mol. The molecule has 0 N–H and O–H groups in total. The first kappa shape index (κ1) is 66.9. The molecule has 1 aliphatic heterocycles. The van der Waals surface area contributed by atoms with Gasteiger partial charge in [-0.05, 0) is 84.7 Å². The first-order chi connectivity index (χ1) is 43.1. The minimum absolute atomic E-state index is 0.0169. The summed E-state index contributed by atoms with van der Waals surface area (Å²) in [5.41, 5.74) is 1.89. The number of benzene rings is 6. The first-order valence-corrected chi connectivity index (χ1v) is 26.9. The highest BCUT2D eigenvalue weighted by Crippen LogP contribution is 2.35. The number of oxime groups is 5. The van der Waals surface area contributed by atoms with Crippen LogP contribution < -0.4 is 19.9 Å². The summed E-state index contributed by atoms with van der Waals surface area (Å²) in [6.07, 6.45) is -7.09. The fraction of sp³-hybridized carbons (Fsp3) is 0.213. The van der Waals surface area contributed by atoms with Gasteiger partial charge in [-0.3, -0.25) is 4.79 Å². The van der Waals surface area contributed by atoms with Crippen LogP contribution in [-0.2, 0) is 59.7 Å². The van der Waals surface area contributed by atoms with E-state index in [9.17, 15) is 35.9 Å². The maximum atomic E-state index is 15.1. The standard InChI is InChI=1S/C21H16ClFN4O5.C20H19F3N4O3.C20H19F3N2O3/c1-28-26-18(21-27-30-11-10-29-21)13-6-2-4-8-15(13)31-19-17(23)20(25-12-24-19)32-16-9-5-3-7-14(16)22;1-13(14-8-6-9-16(11-14)20(21,22)23)25-30-12-15-7-4-5-10-17(15)27-18(29-3)24-26(2)19(27)28;1-13(26)19(25-27-3)18-10-5-4-7-16(18)12-24-28-14(2)15-8-6-9-17(11-15)20(21,22)23/h2-9,12H,10-11H2,1H3;4-11H,12H2,1-3H3;4-12,14H,1-3H3/b26-18+;25-13+;24-12+,25-19-. The second-order valence-corrected chi connectivity index (χ2v) is 18.8. The van der Waals surface area contributed by atoms with Gasteiger partial charge in [0.1, 0.15) is 51.4 Å². The number of aryl methyl sites for hydroxylation is 1. The molecule has 0 saturated heterocycles. The average molecular weight is 1270 g/mol. The van der Waals surface area contributed by atoms with E-state index in [-0.39, 0.29) is 71.3 Å². The van der Waals surface area contributed by atoms with Gasteiger partial charge in [-0.15, -0.1) is 5.10 Å². The lowest BCUT2D eigenvalue weighted by Crippen LogP contribution is -2.25. The summed E-state index contributed by atoms with van der Waals surface area (Å²) in [6, 6.07) is 36.9. The molecule has 21 nitrogen and oxygen atoms in total. The number of methoxy groups -OCH3 is 1. The molecule has 0 spiro atoms. The number of ketones is 1. The van der Waals surface area contributed by atoms with Crippen LogP contribution in [0.1, 0.15) is 71.4 Å². The Morgan fingerprint density at radius 1 is 0.744 bits per heavy atom. The number of hydrogen-bond donors (Lipinski definition) is 0. The lowest BCUT2D eigenvalue weighted by molar-refractivity contribution is -0.138. The molecule has 90 heavy (non-hydrogen) atoms. The van der Waals surface area contributed by atoms with Crippen molar-refractivity contribution in [1.82, 2.24) is 24.3 Å². The summed E-state index contributed by atoms with van der Waals surface area (Å²) in [4.78, 5) is 57.3. The lowest BCUT2D eigenvalue weighted by atomic mass is 10.0. The third kappa shape index (κ3) is 17.8. The third-order valence-corrected chi connectivity index (χ3v) is 12.5. The Morgan fingerprint density at radius 2 is 1.37 bits per heavy atom. The number of carbonyl (C=O) groups is 1. The number of Topliss-reactive ketones (excluding diaryl/α,β-unsaturated/α-hetero) is 1. The minimum Gasteiger partial charge on any atom is -0.470 e. The molecule has 0 bridgehead atoms. The molecule has 470 valence electrons. The number of carbonyl (C=O) groups excluding carboxylic acids is 1. The van der Waals surface area contributed by atoms with Crippen molar-refractivity contribution >= 4 is 46.6 Å². The number of para-hydroxylation sites is 3. The molecule has 9 rings (SSSR count). The Balaban J connectivity index is 0.000000193. The largest absolute Gasteiger partial charge is 0.470 e. The number of aromatic nitrogens is 5. The highest BCUT2D eigenvalue weighted by Gasteiger charge is 2.32. The maximum Gasteiger partial charge on any atom is 0.416 e. The molecule has 2 aromatic heterocycles. The van der Waals surface area contributed by atoms with Gasteiger partial charge in [0, 0.05) is 30.7 Å². The fourth-order valence-electron chi connectivity index (χ4n) is 7.91. The van der Waals surface area contributed by atoms with Gasteiger partial charge in [0.15, 0.2) is 23.8 Å².